The van der Waals surface area contributed by atoms with E-state index in [0.717, 1.165) is 76.7 Å². The van der Waals surface area contributed by atoms with Crippen molar-refractivity contribution < 1.29 is 8.83 Å². The van der Waals surface area contributed by atoms with Crippen LogP contribution in [0.3, 0.4) is 0 Å². The Balaban J connectivity index is 0.000000162. The maximum absolute atomic E-state index is 7.14. The number of benzene rings is 12. The SMILES string of the molecule is CC(C)(C)c1cccc(N)c1.CC(C)(C)c1cccc2c1oc1c(Br)cccc12.Cc1cc(Cl)cc(N(c2ccc3c(c2)C(C)(C)CCC3(C)C)c2ccc3c(c2)C(C)(C)CCC3(C)C)c1.Cc1cc(N(c2ccc3c(c2)C(C)(C)CCC3(C)C)c2ccc3c(c2)C(C)(C)CCC3(C)C)cc(N(c2cccc(C(C)(C)C)c2)c2cccc3c2oc2c(C(C)(C)C)cccc23)c1. The lowest BCUT2D eigenvalue weighted by Gasteiger charge is -2.43. The Labute approximate surface area is 793 Å². The Bertz CT molecular complexity index is 6460. The molecule has 2 heterocycles. The van der Waals surface area contributed by atoms with E-state index in [1.165, 1.54) is 163 Å². The van der Waals surface area contributed by atoms with Crippen LogP contribution in [0, 0.1) is 13.8 Å². The van der Waals surface area contributed by atoms with E-state index in [1.807, 2.05) is 36.4 Å². The summed E-state index contributed by atoms with van der Waals surface area (Å²) < 4.78 is 14.2. The van der Waals surface area contributed by atoms with E-state index >= 15 is 0 Å². The summed E-state index contributed by atoms with van der Waals surface area (Å²) in [5, 5.41) is 5.42. The van der Waals surface area contributed by atoms with Crippen LogP contribution in [0.15, 0.2) is 244 Å². The molecule has 0 spiro atoms. The molecule has 6 nitrogen and oxygen atoms in total. The van der Waals surface area contributed by atoms with E-state index < -0.39 is 0 Å². The third-order valence-corrected chi connectivity index (χ3v) is 30.6. The van der Waals surface area contributed by atoms with Gasteiger partial charge in [-0.3, -0.25) is 0 Å². The second-order valence-corrected chi connectivity index (χ2v) is 49.3. The number of furan rings is 2. The highest BCUT2D eigenvalue weighted by molar-refractivity contribution is 9.10. The fraction of sp³-hybridized carbons (Fsp3) is 0.410. The molecule has 2 N–H and O–H groups in total. The van der Waals surface area contributed by atoms with Crippen molar-refractivity contribution in [3.63, 3.8) is 0 Å². The zero-order valence-corrected chi connectivity index (χ0v) is 86.4. The van der Waals surface area contributed by atoms with E-state index in [1.54, 1.807) is 0 Å². The summed E-state index contributed by atoms with van der Waals surface area (Å²) >= 11 is 10.2. The molecule has 4 aliphatic carbocycles. The minimum atomic E-state index is -0.0769. The Morgan fingerprint density at radius 2 is 0.577 bits per heavy atom. The minimum absolute atomic E-state index is 0.0349. The topological polar surface area (TPSA) is 62.0 Å². The Kier molecular flexibility index (Phi) is 24.8. The molecule has 12 aromatic carbocycles. The van der Waals surface area contributed by atoms with Gasteiger partial charge in [-0.2, -0.15) is 0 Å². The van der Waals surface area contributed by atoms with Gasteiger partial charge in [0.05, 0.1) is 10.2 Å². The van der Waals surface area contributed by atoms with Gasteiger partial charge in [-0.05, 0) is 334 Å². The summed E-state index contributed by atoms with van der Waals surface area (Å²) in [5.41, 5.74) is 41.1. The van der Waals surface area contributed by atoms with E-state index in [-0.39, 0.29) is 65.0 Å². The number of nitrogens with two attached hydrogens (primary N) is 1. The van der Waals surface area contributed by atoms with Gasteiger partial charge >= 0.3 is 0 Å². The molecule has 0 unspecified atom stereocenters. The first-order chi connectivity index (χ1) is 60.4. The number of rotatable bonds is 9. The van der Waals surface area contributed by atoms with Crippen LogP contribution in [-0.2, 0) is 65.0 Å². The smallest absolute Gasteiger partial charge is 0.159 e. The summed E-state index contributed by atoms with van der Waals surface area (Å²) in [6, 6.07) is 85.7. The van der Waals surface area contributed by atoms with Gasteiger partial charge in [0.1, 0.15) is 16.7 Å². The van der Waals surface area contributed by atoms with Crippen LogP contribution in [0.2, 0.25) is 5.02 Å². The third kappa shape index (κ3) is 18.8. The summed E-state index contributed by atoms with van der Waals surface area (Å²) in [4.78, 5) is 7.42. The number of aryl methyl sites for hydroxylation is 2. The number of nitrogens with zero attached hydrogens (tertiary/aromatic N) is 3. The normalized spacial score (nSPS) is 17.2. The van der Waals surface area contributed by atoms with Crippen molar-refractivity contribution in [2.24, 2.45) is 0 Å². The molecule has 0 saturated heterocycles. The van der Waals surface area contributed by atoms with Crippen LogP contribution >= 0.6 is 27.5 Å². The van der Waals surface area contributed by atoms with Crippen LogP contribution < -0.4 is 20.4 Å². The average Bonchev–Trinajstić information content (AvgIpc) is 1.46. The molecule has 0 fully saturated rings. The number of anilines is 10. The molecule has 0 saturated carbocycles. The van der Waals surface area contributed by atoms with Crippen LogP contribution in [0.1, 0.15) is 323 Å². The number of para-hydroxylation sites is 4. The van der Waals surface area contributed by atoms with Gasteiger partial charge in [0, 0.05) is 88.9 Å². The summed E-state index contributed by atoms with van der Waals surface area (Å²) in [7, 11) is 0. The van der Waals surface area contributed by atoms with Crippen molar-refractivity contribution in [1.29, 1.82) is 0 Å². The fourth-order valence-electron chi connectivity index (χ4n) is 21.1. The molecular weight excluding hydrogens is 1670 g/mol. The average molecular weight is 1820 g/mol. The third-order valence-electron chi connectivity index (χ3n) is 29.8. The molecule has 18 rings (SSSR count). The highest BCUT2D eigenvalue weighted by Crippen LogP contribution is 2.56. The second-order valence-electron chi connectivity index (χ2n) is 48.0. The van der Waals surface area contributed by atoms with Crippen molar-refractivity contribution >= 4 is 128 Å². The molecule has 680 valence electrons. The molecule has 14 aromatic rings. The zero-order chi connectivity index (χ0) is 94.3. The molecule has 2 aromatic heterocycles. The zero-order valence-electron chi connectivity index (χ0n) is 84.1. The highest BCUT2D eigenvalue weighted by Gasteiger charge is 2.43. The first-order valence-corrected chi connectivity index (χ1v) is 49.0. The largest absolute Gasteiger partial charge is 0.455 e. The molecule has 0 bridgehead atoms. The standard InChI is InChI=1S/C61H72N2O.C35H44ClN.C16H15BrO.C10H15N/c1-39-33-44(62(42-25-27-48-51(37-42)60(12,13)31-29-58(48,8)9)43-26-28-49-52(38-43)61(14,15)32-30-59(49,10)11)36-45(34-39)63(41-20-16-19-40(35-41)56(2,3)4)53-24-18-22-47-46-21-17-23-50(57(5,6)7)54(46)64-55(47)53;1-23-18-24(36)20-27(19-23)37(25-10-12-28-30(21-25)34(6,7)16-14-32(28,2)3)26-11-13-29-31(22-26)35(8,9)17-15-33(29,4)5;1-16(2,3)12-8-4-6-10-11-7-5-9-13(17)15(11)18-14(10)12;1-10(2,3)8-5-4-6-9(11)7-8/h16-28,33-38H,29-32H2,1-15H3;10-13,18-22H,14-17H2,1-9H3;4-9H,1-3H3;4-7H,11H2,1-3H3. The van der Waals surface area contributed by atoms with Crippen molar-refractivity contribution in [3.8, 4) is 0 Å². The van der Waals surface area contributed by atoms with Gasteiger partial charge in [0.2, 0.25) is 0 Å². The lowest BCUT2D eigenvalue weighted by Crippen LogP contribution is -2.34. The lowest BCUT2D eigenvalue weighted by atomic mass is 9.63. The molecule has 0 amide bonds. The van der Waals surface area contributed by atoms with Crippen LogP contribution in [0.4, 0.5) is 56.9 Å². The summed E-state index contributed by atoms with van der Waals surface area (Å²) in [5.74, 6) is 0. The van der Waals surface area contributed by atoms with E-state index in [4.69, 9.17) is 26.2 Å². The van der Waals surface area contributed by atoms with E-state index in [2.05, 4.69) is 432 Å². The molecular formula is C122H146BrClN4O2. The number of nitrogen functional groups attached to an aromatic ring is 1. The van der Waals surface area contributed by atoms with Crippen molar-refractivity contribution in [1.82, 2.24) is 0 Å². The fourth-order valence-corrected chi connectivity index (χ4v) is 21.8. The summed E-state index contributed by atoms with van der Waals surface area (Å²) in [6.45, 7) is 69.9. The number of hydrogen-bond acceptors (Lipinski definition) is 6. The Morgan fingerprint density at radius 3 is 0.938 bits per heavy atom. The maximum atomic E-state index is 7.14. The summed E-state index contributed by atoms with van der Waals surface area (Å²) in [6.07, 6.45) is 9.56. The second kappa shape index (κ2) is 34.0. The van der Waals surface area contributed by atoms with Gasteiger partial charge in [0.15, 0.2) is 5.58 Å². The molecule has 8 heteroatoms. The monoisotopic (exact) mass is 1810 g/mol. The first kappa shape index (κ1) is 94.8. The van der Waals surface area contributed by atoms with Gasteiger partial charge in [-0.1, -0.05) is 315 Å². The maximum Gasteiger partial charge on any atom is 0.159 e. The van der Waals surface area contributed by atoms with Crippen LogP contribution in [0.25, 0.3) is 43.9 Å². The Morgan fingerprint density at radius 1 is 0.277 bits per heavy atom. The molecule has 0 aliphatic heterocycles. The predicted molar refractivity (Wildman–Crippen MR) is 567 cm³/mol. The van der Waals surface area contributed by atoms with Crippen molar-refractivity contribution in [3.05, 3.63) is 318 Å². The molecule has 0 radical (unpaired) electrons. The Hall–Kier alpha value is -9.79. The molecule has 0 atom stereocenters. The molecule has 130 heavy (non-hydrogen) atoms. The number of hydrogen-bond donors (Lipinski definition) is 1. The van der Waals surface area contributed by atoms with E-state index in [0.29, 0.717) is 0 Å². The predicted octanol–water partition coefficient (Wildman–Crippen LogP) is 37.2. The quantitative estimate of drug-likeness (QED) is 0.145. The highest BCUT2D eigenvalue weighted by atomic mass is 79.9. The lowest BCUT2D eigenvalue weighted by molar-refractivity contribution is 0.332. The van der Waals surface area contributed by atoms with Crippen molar-refractivity contribution in [2.75, 3.05) is 20.4 Å². The van der Waals surface area contributed by atoms with Crippen LogP contribution in [0.5, 0.6) is 0 Å². The number of fused-ring (bicyclic) bond motifs is 10. The van der Waals surface area contributed by atoms with Crippen molar-refractivity contribution in [2.45, 2.75) is 324 Å². The van der Waals surface area contributed by atoms with Crippen LogP contribution in [-0.4, -0.2) is 0 Å². The number of halogens is 2. The van der Waals surface area contributed by atoms with Gasteiger partial charge < -0.3 is 29.3 Å². The minimum Gasteiger partial charge on any atom is -0.455 e. The first-order valence-electron chi connectivity index (χ1n) is 47.9. The molecule has 4 aliphatic rings. The van der Waals surface area contributed by atoms with Gasteiger partial charge in [-0.25, -0.2) is 0 Å². The van der Waals surface area contributed by atoms with E-state index in [9.17, 15) is 0 Å². The van der Waals surface area contributed by atoms with Gasteiger partial charge in [0.25, 0.3) is 0 Å². The van der Waals surface area contributed by atoms with Gasteiger partial charge in [-0.15, -0.1) is 0 Å².